The van der Waals surface area contributed by atoms with Crippen LogP contribution in [0.5, 0.6) is 0 Å². The topological polar surface area (TPSA) is 88.7 Å². The maximum absolute atomic E-state index is 12.2. The van der Waals surface area contributed by atoms with Crippen LogP contribution < -0.4 is 16.0 Å². The molecule has 32 heavy (non-hydrogen) atoms. The Labute approximate surface area is 199 Å². The summed E-state index contributed by atoms with van der Waals surface area (Å²) in [6.07, 6.45) is 0. The van der Waals surface area contributed by atoms with Gasteiger partial charge >= 0.3 is 0 Å². The molecule has 1 aromatic carbocycles. The lowest BCUT2D eigenvalue weighted by Crippen LogP contribution is -2.30. The minimum absolute atomic E-state index is 0.0634. The summed E-state index contributed by atoms with van der Waals surface area (Å²) in [5.41, 5.74) is 1.37. The van der Waals surface area contributed by atoms with Crippen LogP contribution in [0.4, 0.5) is 0 Å². The van der Waals surface area contributed by atoms with E-state index in [1.165, 1.54) is 0 Å². The summed E-state index contributed by atoms with van der Waals surface area (Å²) in [4.78, 5) is 23.8. The van der Waals surface area contributed by atoms with E-state index in [9.17, 15) is 9.59 Å². The molecule has 0 radical (unpaired) electrons. The summed E-state index contributed by atoms with van der Waals surface area (Å²) in [5, 5.41) is 8.79. The Morgan fingerprint density at radius 3 is 2.38 bits per heavy atom. The number of benzene rings is 1. The maximum Gasteiger partial charge on any atom is 0.257 e. The molecule has 0 fully saturated rings. The molecule has 0 heterocycles. The van der Waals surface area contributed by atoms with E-state index in [1.807, 2.05) is 33.0 Å². The molecule has 3 N–H and O–H groups in total. The van der Waals surface area contributed by atoms with Gasteiger partial charge in [0, 0.05) is 35.9 Å². The van der Waals surface area contributed by atoms with Crippen molar-refractivity contribution in [2.24, 2.45) is 5.92 Å². The zero-order valence-corrected chi connectivity index (χ0v) is 21.2. The zero-order valence-electron chi connectivity index (χ0n) is 19.5. The van der Waals surface area contributed by atoms with Crippen LogP contribution >= 0.6 is 21.6 Å². The number of nitrogens with one attached hydrogen (secondary N) is 3. The van der Waals surface area contributed by atoms with Crippen LogP contribution in [0.15, 0.2) is 24.3 Å². The quantitative estimate of drug-likeness (QED) is 0.124. The third-order valence-electron chi connectivity index (χ3n) is 3.73. The van der Waals surface area contributed by atoms with E-state index in [0.29, 0.717) is 30.6 Å². The van der Waals surface area contributed by atoms with Crippen LogP contribution in [0.25, 0.3) is 0 Å². The van der Waals surface area contributed by atoms with Gasteiger partial charge in [-0.25, -0.2) is 0 Å². The number of likely N-dealkylation sites (N-methyl/N-ethyl adjacent to an activating group) is 1. The van der Waals surface area contributed by atoms with Crippen LogP contribution in [0.1, 0.15) is 49.1 Å². The molecular formula is C23H35N3O4S2. The van der Waals surface area contributed by atoms with Gasteiger partial charge < -0.3 is 20.1 Å². The SMILES string of the molecule is CNCCNC(=O)c1ccc(C(OCCOCC(=O)NC#CC(C)C)SSC(C)C)cc1. The van der Waals surface area contributed by atoms with Crippen LogP contribution in [0, 0.1) is 17.9 Å². The molecule has 0 aliphatic carbocycles. The van der Waals surface area contributed by atoms with Gasteiger partial charge in [0.05, 0.1) is 13.2 Å². The second-order valence-corrected chi connectivity index (χ2v) is 10.4. The molecule has 1 unspecified atom stereocenters. The van der Waals surface area contributed by atoms with Gasteiger partial charge in [-0.05, 0) is 24.7 Å². The predicted octanol–water partition coefficient (Wildman–Crippen LogP) is 3.19. The van der Waals surface area contributed by atoms with Gasteiger partial charge in [-0.1, -0.05) is 67.3 Å². The standard InChI is InChI=1S/C23H35N3O4S2/c1-17(2)10-11-25-21(27)16-29-14-15-30-23(32-31-18(3)4)20-8-6-19(7-9-20)22(28)26-13-12-24-5/h6-9,17-18,23-24H,12-16H2,1-5H3,(H,25,27)(H,26,28). The summed E-state index contributed by atoms with van der Waals surface area (Å²) in [6.45, 7) is 10.0. The van der Waals surface area contributed by atoms with Gasteiger partial charge in [0.15, 0.2) is 0 Å². The van der Waals surface area contributed by atoms with E-state index in [-0.39, 0.29) is 29.8 Å². The molecule has 1 aromatic rings. The first-order chi connectivity index (χ1) is 15.3. The predicted molar refractivity (Wildman–Crippen MR) is 133 cm³/mol. The molecule has 7 nitrogen and oxygen atoms in total. The molecule has 0 aliphatic heterocycles. The molecule has 2 amide bonds. The largest absolute Gasteiger partial charge is 0.369 e. The Morgan fingerprint density at radius 2 is 1.75 bits per heavy atom. The Hall–Kier alpha value is -1.70. The third-order valence-corrected chi connectivity index (χ3v) is 6.83. The molecule has 1 atom stereocenters. The van der Waals surface area contributed by atoms with E-state index < -0.39 is 0 Å². The van der Waals surface area contributed by atoms with E-state index in [0.717, 1.165) is 12.1 Å². The summed E-state index contributed by atoms with van der Waals surface area (Å²) in [7, 11) is 5.19. The molecule has 1 rings (SSSR count). The normalized spacial score (nSPS) is 11.7. The highest BCUT2D eigenvalue weighted by molar-refractivity contribution is 8.76. The Bertz CT molecular complexity index is 746. The fourth-order valence-corrected chi connectivity index (χ4v) is 4.41. The van der Waals surface area contributed by atoms with Crippen molar-refractivity contribution in [1.29, 1.82) is 0 Å². The van der Waals surface area contributed by atoms with Crippen molar-refractivity contribution in [2.45, 2.75) is 38.4 Å². The summed E-state index contributed by atoms with van der Waals surface area (Å²) < 4.78 is 11.4. The van der Waals surface area contributed by atoms with Crippen LogP contribution in [0.3, 0.4) is 0 Å². The maximum atomic E-state index is 12.2. The van der Waals surface area contributed by atoms with Crippen molar-refractivity contribution in [2.75, 3.05) is 40.0 Å². The summed E-state index contributed by atoms with van der Waals surface area (Å²) in [6, 6.07) is 10.1. The fourth-order valence-electron chi connectivity index (χ4n) is 2.20. The highest BCUT2D eigenvalue weighted by Gasteiger charge is 2.15. The molecule has 0 saturated carbocycles. The fraction of sp³-hybridized carbons (Fsp3) is 0.565. The van der Waals surface area contributed by atoms with E-state index in [2.05, 4.69) is 41.8 Å². The minimum atomic E-state index is -0.275. The monoisotopic (exact) mass is 481 g/mol. The molecule has 0 spiro atoms. The lowest BCUT2D eigenvalue weighted by Gasteiger charge is -2.19. The highest BCUT2D eigenvalue weighted by Crippen LogP contribution is 2.41. The van der Waals surface area contributed by atoms with Crippen molar-refractivity contribution < 1.29 is 19.1 Å². The molecular weight excluding hydrogens is 446 g/mol. The lowest BCUT2D eigenvalue weighted by molar-refractivity contribution is -0.125. The smallest absolute Gasteiger partial charge is 0.257 e. The number of ether oxygens (including phenoxy) is 2. The number of hydrogen-bond acceptors (Lipinski definition) is 7. The lowest BCUT2D eigenvalue weighted by atomic mass is 10.1. The van der Waals surface area contributed by atoms with Crippen LogP contribution in [0.2, 0.25) is 0 Å². The van der Waals surface area contributed by atoms with Crippen LogP contribution in [-0.2, 0) is 14.3 Å². The first-order valence-corrected chi connectivity index (χ1v) is 12.9. The average Bonchev–Trinajstić information content (AvgIpc) is 2.75. The van der Waals surface area contributed by atoms with Gasteiger partial charge in [0.1, 0.15) is 12.0 Å². The number of carbonyl (C=O) groups excluding carboxylic acids is 2. The number of carbonyl (C=O) groups is 2. The average molecular weight is 482 g/mol. The van der Waals surface area contributed by atoms with E-state index in [1.54, 1.807) is 33.7 Å². The second-order valence-electron chi connectivity index (χ2n) is 7.45. The van der Waals surface area contributed by atoms with Crippen molar-refractivity contribution in [3.63, 3.8) is 0 Å². The Kier molecular flexibility index (Phi) is 14.9. The first kappa shape index (κ1) is 28.3. The summed E-state index contributed by atoms with van der Waals surface area (Å²) >= 11 is 0. The molecule has 0 aliphatic rings. The van der Waals surface area contributed by atoms with Gasteiger partial charge in [-0.3, -0.25) is 14.9 Å². The Balaban J connectivity index is 2.53. The Morgan fingerprint density at radius 1 is 1.03 bits per heavy atom. The molecule has 9 heteroatoms. The van der Waals surface area contributed by atoms with Crippen molar-refractivity contribution in [3.05, 3.63) is 35.4 Å². The van der Waals surface area contributed by atoms with Crippen molar-refractivity contribution in [3.8, 4) is 12.0 Å². The first-order valence-electron chi connectivity index (χ1n) is 10.7. The van der Waals surface area contributed by atoms with Gasteiger partial charge in [0.2, 0.25) is 0 Å². The van der Waals surface area contributed by atoms with E-state index >= 15 is 0 Å². The number of amides is 2. The number of hydrogen-bond donors (Lipinski definition) is 3. The third kappa shape index (κ3) is 13.0. The van der Waals surface area contributed by atoms with Crippen molar-refractivity contribution >= 4 is 33.4 Å². The summed E-state index contributed by atoms with van der Waals surface area (Å²) in [5.74, 6) is 2.69. The van der Waals surface area contributed by atoms with E-state index in [4.69, 9.17) is 9.47 Å². The molecule has 0 saturated heterocycles. The van der Waals surface area contributed by atoms with Gasteiger partial charge in [-0.15, -0.1) is 0 Å². The van der Waals surface area contributed by atoms with Gasteiger partial charge in [-0.2, -0.15) is 0 Å². The minimum Gasteiger partial charge on any atom is -0.369 e. The number of rotatable bonds is 14. The molecule has 178 valence electrons. The molecule has 0 bridgehead atoms. The van der Waals surface area contributed by atoms with Crippen molar-refractivity contribution in [1.82, 2.24) is 16.0 Å². The van der Waals surface area contributed by atoms with Gasteiger partial charge in [0.25, 0.3) is 11.8 Å². The second kappa shape index (κ2) is 16.9. The molecule has 0 aromatic heterocycles. The highest BCUT2D eigenvalue weighted by atomic mass is 33.1. The zero-order chi connectivity index (χ0) is 23.8. The van der Waals surface area contributed by atoms with Crippen LogP contribution in [-0.4, -0.2) is 57.0 Å².